The first-order valence-corrected chi connectivity index (χ1v) is 9.69. The van der Waals surface area contributed by atoms with E-state index in [-0.39, 0.29) is 0 Å². The molecule has 0 amide bonds. The molecule has 1 aromatic carbocycles. The van der Waals surface area contributed by atoms with Gasteiger partial charge in [-0.1, -0.05) is 36.4 Å². The molecular formula is C23H24N4O. The summed E-state index contributed by atoms with van der Waals surface area (Å²) in [6, 6.07) is 16.2. The molecule has 4 rings (SSSR count). The molecule has 1 aliphatic carbocycles. The van der Waals surface area contributed by atoms with Gasteiger partial charge in [-0.25, -0.2) is 0 Å². The Morgan fingerprint density at radius 2 is 1.68 bits per heavy atom. The van der Waals surface area contributed by atoms with Crippen LogP contribution in [-0.4, -0.2) is 48.6 Å². The normalized spacial score (nSPS) is 19.4. The van der Waals surface area contributed by atoms with Crippen molar-refractivity contribution in [1.82, 2.24) is 9.88 Å². The number of pyridine rings is 1. The number of hydrogen-bond acceptors (Lipinski definition) is 5. The average Bonchev–Trinajstić information content (AvgIpc) is 3.15. The summed E-state index contributed by atoms with van der Waals surface area (Å²) in [5.41, 5.74) is 5.93. The molecule has 0 atom stereocenters. The van der Waals surface area contributed by atoms with Crippen molar-refractivity contribution in [3.8, 4) is 0 Å². The van der Waals surface area contributed by atoms with Gasteiger partial charge in [-0.2, -0.15) is 10.2 Å². The van der Waals surface area contributed by atoms with Crippen LogP contribution in [0.2, 0.25) is 0 Å². The van der Waals surface area contributed by atoms with Crippen LogP contribution in [0, 0.1) is 0 Å². The van der Waals surface area contributed by atoms with Crippen LogP contribution in [0.5, 0.6) is 0 Å². The first-order valence-electron chi connectivity index (χ1n) is 9.69. The number of hydrogen-bond donors (Lipinski definition) is 0. The summed E-state index contributed by atoms with van der Waals surface area (Å²) >= 11 is 0. The fourth-order valence-electron chi connectivity index (χ4n) is 3.57. The lowest BCUT2D eigenvalue weighted by Crippen LogP contribution is -2.36. The third-order valence-corrected chi connectivity index (χ3v) is 4.90. The zero-order chi connectivity index (χ0) is 19.0. The van der Waals surface area contributed by atoms with Crippen molar-refractivity contribution in [3.05, 3.63) is 82.8 Å². The highest BCUT2D eigenvalue weighted by atomic mass is 16.5. The molecule has 142 valence electrons. The lowest BCUT2D eigenvalue weighted by Gasteiger charge is -2.31. The van der Waals surface area contributed by atoms with E-state index in [1.165, 1.54) is 22.4 Å². The summed E-state index contributed by atoms with van der Waals surface area (Å²) < 4.78 is 5.55. The van der Waals surface area contributed by atoms with Crippen molar-refractivity contribution in [2.75, 3.05) is 26.3 Å². The molecule has 5 nitrogen and oxygen atoms in total. The topological polar surface area (TPSA) is 50.1 Å². The van der Waals surface area contributed by atoms with Gasteiger partial charge in [0.25, 0.3) is 0 Å². The van der Waals surface area contributed by atoms with Crippen LogP contribution >= 0.6 is 0 Å². The zero-order valence-corrected chi connectivity index (χ0v) is 15.9. The maximum atomic E-state index is 5.55. The Morgan fingerprint density at radius 3 is 2.46 bits per heavy atom. The van der Waals surface area contributed by atoms with E-state index in [9.17, 15) is 0 Å². The largest absolute Gasteiger partial charge is 0.378 e. The molecule has 0 spiro atoms. The number of morpholine rings is 1. The number of aromatic nitrogens is 1. The van der Waals surface area contributed by atoms with E-state index >= 15 is 0 Å². The quantitative estimate of drug-likeness (QED) is 0.590. The minimum atomic E-state index is 0.768. The Hall–Kier alpha value is -3.05. The molecule has 1 saturated heterocycles. The zero-order valence-electron chi connectivity index (χ0n) is 15.9. The number of allylic oxidation sites excluding steroid dienone is 2. The maximum Gasteiger partial charge on any atom is 0.0831 e. The van der Waals surface area contributed by atoms with E-state index in [0.717, 1.165) is 44.8 Å². The Balaban J connectivity index is 1.59. The summed E-state index contributed by atoms with van der Waals surface area (Å²) in [6.07, 6.45) is 9.63. The van der Waals surface area contributed by atoms with Crippen LogP contribution in [-0.2, 0) is 4.74 Å². The molecular weight excluding hydrogens is 348 g/mol. The predicted molar refractivity (Wildman–Crippen MR) is 113 cm³/mol. The molecule has 0 unspecified atom stereocenters. The van der Waals surface area contributed by atoms with Crippen molar-refractivity contribution in [3.63, 3.8) is 0 Å². The Kier molecular flexibility index (Phi) is 6.05. The molecule has 0 bridgehead atoms. The van der Waals surface area contributed by atoms with Gasteiger partial charge in [-0.05, 0) is 47.8 Å². The molecule has 0 saturated carbocycles. The third kappa shape index (κ3) is 4.61. The van der Waals surface area contributed by atoms with E-state index in [1.54, 1.807) is 12.4 Å². The summed E-state index contributed by atoms with van der Waals surface area (Å²) in [7, 11) is 0. The molecule has 1 aliphatic heterocycles. The van der Waals surface area contributed by atoms with Crippen LogP contribution in [0.4, 0.5) is 0 Å². The molecule has 1 aromatic heterocycles. The van der Waals surface area contributed by atoms with E-state index in [0.29, 0.717) is 0 Å². The van der Waals surface area contributed by atoms with Crippen LogP contribution < -0.4 is 0 Å². The lowest BCUT2D eigenvalue weighted by atomic mass is 10.1. The summed E-state index contributed by atoms with van der Waals surface area (Å²) in [4.78, 5) is 6.65. The van der Waals surface area contributed by atoms with Crippen molar-refractivity contribution in [1.29, 1.82) is 0 Å². The number of ether oxygens (including phenoxy) is 1. The van der Waals surface area contributed by atoms with Gasteiger partial charge in [0.1, 0.15) is 0 Å². The van der Waals surface area contributed by atoms with Crippen molar-refractivity contribution in [2.24, 2.45) is 10.2 Å². The Labute approximate surface area is 165 Å². The average molecular weight is 372 g/mol. The second-order valence-corrected chi connectivity index (χ2v) is 6.80. The summed E-state index contributed by atoms with van der Waals surface area (Å²) in [5, 5.41) is 8.48. The second-order valence-electron chi connectivity index (χ2n) is 6.80. The third-order valence-electron chi connectivity index (χ3n) is 4.90. The van der Waals surface area contributed by atoms with E-state index in [2.05, 4.69) is 50.4 Å². The van der Waals surface area contributed by atoms with Gasteiger partial charge >= 0.3 is 0 Å². The van der Waals surface area contributed by atoms with Gasteiger partial charge in [-0.15, -0.1) is 0 Å². The van der Waals surface area contributed by atoms with Crippen LogP contribution in [0.25, 0.3) is 6.08 Å². The minimum Gasteiger partial charge on any atom is -0.378 e. The van der Waals surface area contributed by atoms with Crippen molar-refractivity contribution in [2.45, 2.75) is 12.8 Å². The first kappa shape index (κ1) is 18.3. The van der Waals surface area contributed by atoms with E-state index in [1.807, 2.05) is 30.5 Å². The van der Waals surface area contributed by atoms with Gasteiger partial charge in [0.2, 0.25) is 0 Å². The number of benzene rings is 1. The van der Waals surface area contributed by atoms with Gasteiger partial charge in [0, 0.05) is 25.0 Å². The van der Waals surface area contributed by atoms with Gasteiger partial charge < -0.3 is 9.64 Å². The predicted octanol–water partition coefficient (Wildman–Crippen LogP) is 3.95. The Bertz CT molecular complexity index is 895. The summed E-state index contributed by atoms with van der Waals surface area (Å²) in [5.74, 6) is 0. The molecule has 28 heavy (non-hydrogen) atoms. The van der Waals surface area contributed by atoms with Gasteiger partial charge in [-0.3, -0.25) is 4.98 Å². The molecule has 0 N–H and O–H groups in total. The fourth-order valence-corrected chi connectivity index (χ4v) is 3.57. The van der Waals surface area contributed by atoms with Crippen molar-refractivity contribution < 1.29 is 4.74 Å². The van der Waals surface area contributed by atoms with Crippen LogP contribution in [0.3, 0.4) is 0 Å². The van der Waals surface area contributed by atoms with Gasteiger partial charge in [0.15, 0.2) is 0 Å². The number of nitrogens with zero attached hydrogens (tertiary/aromatic N) is 4. The van der Waals surface area contributed by atoms with Crippen molar-refractivity contribution >= 4 is 18.5 Å². The SMILES string of the molecule is C(=N/N=C\c1ccccn1)/C1=C(N2CCOCC2)C(=C/c2ccccc2)/CC1. The van der Waals surface area contributed by atoms with E-state index in [4.69, 9.17) is 4.74 Å². The maximum absolute atomic E-state index is 5.55. The fraction of sp³-hybridized carbons (Fsp3) is 0.261. The second kappa shape index (κ2) is 9.24. The standard InChI is InChI=1S/C23H24N4O/c1-2-6-19(7-3-1)16-20-9-10-21(23(20)27-12-14-28-15-13-27)17-25-26-18-22-8-4-5-11-24-22/h1-8,11,16-18H,9-10,12-15H2/b20-16+,25-17-,26-18-. The van der Waals surface area contributed by atoms with Gasteiger partial charge in [0.05, 0.1) is 31.3 Å². The highest BCUT2D eigenvalue weighted by molar-refractivity contribution is 5.84. The molecule has 5 heteroatoms. The minimum absolute atomic E-state index is 0.768. The lowest BCUT2D eigenvalue weighted by molar-refractivity contribution is 0.0548. The Morgan fingerprint density at radius 1 is 0.893 bits per heavy atom. The highest BCUT2D eigenvalue weighted by Gasteiger charge is 2.25. The highest BCUT2D eigenvalue weighted by Crippen LogP contribution is 2.35. The first-order chi connectivity index (χ1) is 13.9. The molecule has 2 heterocycles. The smallest absolute Gasteiger partial charge is 0.0831 e. The summed E-state index contributed by atoms with van der Waals surface area (Å²) in [6.45, 7) is 3.36. The van der Waals surface area contributed by atoms with Crippen LogP contribution in [0.15, 0.2) is 81.8 Å². The number of rotatable bonds is 5. The van der Waals surface area contributed by atoms with Crippen LogP contribution in [0.1, 0.15) is 24.1 Å². The monoisotopic (exact) mass is 372 g/mol. The molecule has 2 aliphatic rings. The molecule has 1 fully saturated rings. The van der Waals surface area contributed by atoms with E-state index < -0.39 is 0 Å². The molecule has 2 aromatic rings. The molecule has 0 radical (unpaired) electrons.